The second kappa shape index (κ2) is 8.84. The van der Waals surface area contributed by atoms with Crippen molar-refractivity contribution in [1.82, 2.24) is 5.43 Å². The van der Waals surface area contributed by atoms with Crippen molar-refractivity contribution in [2.45, 2.75) is 105 Å². The van der Waals surface area contributed by atoms with Gasteiger partial charge < -0.3 is 0 Å². The van der Waals surface area contributed by atoms with E-state index in [2.05, 4.69) is 46.1 Å². The first-order chi connectivity index (χ1) is 14.7. The second-order valence-electron chi connectivity index (χ2n) is 12.7. The molecule has 8 atom stereocenters. The first-order valence-corrected chi connectivity index (χ1v) is 13.4. The zero-order chi connectivity index (χ0) is 22.4. The molecule has 176 valence electrons. The van der Waals surface area contributed by atoms with E-state index in [1.165, 1.54) is 51.4 Å². The highest BCUT2D eigenvalue weighted by Crippen LogP contribution is 2.67. The van der Waals surface area contributed by atoms with E-state index >= 15 is 0 Å². The van der Waals surface area contributed by atoms with Gasteiger partial charge in [-0.25, -0.2) is 5.84 Å². The number of hydrogen-bond acceptors (Lipinski definition) is 2. The second-order valence-corrected chi connectivity index (χ2v) is 12.7. The lowest BCUT2D eigenvalue weighted by Gasteiger charge is -2.58. The Morgan fingerprint density at radius 3 is 2.58 bits per heavy atom. The van der Waals surface area contributed by atoms with Crippen LogP contribution in [0.25, 0.3) is 0 Å². The molecule has 0 aromatic rings. The zero-order valence-electron chi connectivity index (χ0n) is 20.9. The number of allylic oxidation sites excluding steroid dienone is 2. The first kappa shape index (κ1) is 23.3. The van der Waals surface area contributed by atoms with Crippen LogP contribution < -0.4 is 11.3 Å². The van der Waals surface area contributed by atoms with Gasteiger partial charge in [-0.05, 0) is 97.7 Å². The summed E-state index contributed by atoms with van der Waals surface area (Å²) in [5.41, 5.74) is 4.85. The Labute approximate surface area is 191 Å². The van der Waals surface area contributed by atoms with Gasteiger partial charge in [0.1, 0.15) is 0 Å². The van der Waals surface area contributed by atoms with E-state index in [1.54, 1.807) is 5.57 Å². The van der Waals surface area contributed by atoms with E-state index < -0.39 is 0 Å². The van der Waals surface area contributed by atoms with Crippen LogP contribution >= 0.6 is 0 Å². The fourth-order valence-corrected chi connectivity index (χ4v) is 9.03. The lowest BCUT2D eigenvalue weighted by molar-refractivity contribution is -0.126. The van der Waals surface area contributed by atoms with Crippen LogP contribution in [0.2, 0.25) is 0 Å². The summed E-state index contributed by atoms with van der Waals surface area (Å²) in [7, 11) is 0. The van der Waals surface area contributed by atoms with Gasteiger partial charge in [0.15, 0.2) is 0 Å². The third kappa shape index (κ3) is 4.02. The molecule has 0 bridgehead atoms. The highest BCUT2D eigenvalue weighted by atomic mass is 16.2. The van der Waals surface area contributed by atoms with Crippen LogP contribution in [0.3, 0.4) is 0 Å². The van der Waals surface area contributed by atoms with Gasteiger partial charge in [-0.1, -0.05) is 65.5 Å². The summed E-state index contributed by atoms with van der Waals surface area (Å²) in [6.45, 7) is 12.5. The predicted molar refractivity (Wildman–Crippen MR) is 129 cm³/mol. The Bertz CT molecular complexity index is 699. The van der Waals surface area contributed by atoms with Crippen LogP contribution in [0, 0.1) is 52.3 Å². The number of amides is 1. The molecule has 31 heavy (non-hydrogen) atoms. The highest BCUT2D eigenvalue weighted by Gasteiger charge is 2.59. The van der Waals surface area contributed by atoms with Gasteiger partial charge in [0, 0.05) is 5.92 Å². The fraction of sp³-hybridized carbons (Fsp3) is 0.893. The third-order valence-corrected chi connectivity index (χ3v) is 10.8. The van der Waals surface area contributed by atoms with E-state index in [1.807, 2.05) is 0 Å². The number of nitrogens with one attached hydrogen (secondary N) is 1. The van der Waals surface area contributed by atoms with Crippen LogP contribution in [-0.2, 0) is 4.79 Å². The number of hydrogen-bond donors (Lipinski definition) is 2. The van der Waals surface area contributed by atoms with Gasteiger partial charge in [0.2, 0.25) is 5.91 Å². The molecule has 0 heterocycles. The molecule has 0 spiro atoms. The Balaban J connectivity index is 1.48. The molecule has 0 saturated heterocycles. The molecule has 3 fully saturated rings. The summed E-state index contributed by atoms with van der Waals surface area (Å²) >= 11 is 0. The fourth-order valence-electron chi connectivity index (χ4n) is 9.03. The van der Waals surface area contributed by atoms with Crippen molar-refractivity contribution in [1.29, 1.82) is 0 Å². The standard InChI is InChI=1S/C28H48N2O/c1-18(2)7-6-8-19(3)23-11-12-24-22-10-9-21-17-20(26(31)30-29)13-15-27(21,4)25(22)14-16-28(23,24)5/h9,18-20,22-25H,6-8,10-17,29H2,1-5H3,(H,30,31). The summed E-state index contributed by atoms with van der Waals surface area (Å²) in [6, 6.07) is 0. The van der Waals surface area contributed by atoms with Crippen molar-refractivity contribution in [3.8, 4) is 0 Å². The van der Waals surface area contributed by atoms with Crippen LogP contribution in [-0.4, -0.2) is 5.91 Å². The van der Waals surface area contributed by atoms with Gasteiger partial charge in [-0.15, -0.1) is 0 Å². The number of hydrazine groups is 1. The minimum atomic E-state index is 0.0337. The van der Waals surface area contributed by atoms with Gasteiger partial charge in [-0.3, -0.25) is 10.2 Å². The SMILES string of the molecule is CC(C)CCCC(C)C1CCC2C3CC=C4CC(C(=O)NN)CCC4(C)C3CCC12C. The minimum Gasteiger partial charge on any atom is -0.294 e. The Hall–Kier alpha value is -0.830. The average molecular weight is 429 g/mol. The molecule has 0 aromatic carbocycles. The molecule has 4 rings (SSSR count). The number of carbonyl (C=O) groups excluding carboxylic acids is 1. The van der Waals surface area contributed by atoms with E-state index in [4.69, 9.17) is 5.84 Å². The number of rotatable bonds is 6. The molecule has 3 nitrogen and oxygen atoms in total. The van der Waals surface area contributed by atoms with Crippen molar-refractivity contribution in [2.24, 2.45) is 58.1 Å². The Morgan fingerprint density at radius 2 is 1.87 bits per heavy atom. The molecule has 3 saturated carbocycles. The van der Waals surface area contributed by atoms with Crippen molar-refractivity contribution in [3.63, 3.8) is 0 Å². The predicted octanol–water partition coefficient (Wildman–Crippen LogP) is 6.63. The number of nitrogens with two attached hydrogens (primary N) is 1. The van der Waals surface area contributed by atoms with Crippen LogP contribution in [0.4, 0.5) is 0 Å². The molecule has 4 aliphatic carbocycles. The van der Waals surface area contributed by atoms with Gasteiger partial charge in [0.25, 0.3) is 0 Å². The Morgan fingerprint density at radius 1 is 1.10 bits per heavy atom. The molecule has 3 heteroatoms. The van der Waals surface area contributed by atoms with Gasteiger partial charge in [-0.2, -0.15) is 0 Å². The molecule has 3 N–H and O–H groups in total. The molecule has 0 aromatic heterocycles. The molecular formula is C28H48N2O. The summed E-state index contributed by atoms with van der Waals surface area (Å²) in [5, 5.41) is 0. The molecule has 1 amide bonds. The topological polar surface area (TPSA) is 55.1 Å². The van der Waals surface area contributed by atoms with E-state index in [0.717, 1.165) is 54.8 Å². The summed E-state index contributed by atoms with van der Waals surface area (Å²) in [5.74, 6) is 10.8. The van der Waals surface area contributed by atoms with Crippen LogP contribution in [0.5, 0.6) is 0 Å². The largest absolute Gasteiger partial charge is 0.294 e. The normalized spacial score (nSPS) is 42.9. The minimum absolute atomic E-state index is 0.0337. The van der Waals surface area contributed by atoms with Crippen molar-refractivity contribution in [2.75, 3.05) is 0 Å². The summed E-state index contributed by atoms with van der Waals surface area (Å²) in [6.07, 6.45) is 16.9. The summed E-state index contributed by atoms with van der Waals surface area (Å²) < 4.78 is 0. The monoisotopic (exact) mass is 428 g/mol. The maximum Gasteiger partial charge on any atom is 0.237 e. The maximum atomic E-state index is 12.2. The van der Waals surface area contributed by atoms with E-state index in [-0.39, 0.29) is 11.8 Å². The van der Waals surface area contributed by atoms with Crippen LogP contribution in [0.1, 0.15) is 105 Å². The van der Waals surface area contributed by atoms with Gasteiger partial charge >= 0.3 is 0 Å². The smallest absolute Gasteiger partial charge is 0.237 e. The summed E-state index contributed by atoms with van der Waals surface area (Å²) in [4.78, 5) is 12.2. The quantitative estimate of drug-likeness (QED) is 0.216. The molecule has 0 aliphatic heterocycles. The van der Waals surface area contributed by atoms with E-state index in [0.29, 0.717) is 10.8 Å². The molecule has 8 unspecified atom stereocenters. The Kier molecular flexibility index (Phi) is 6.65. The molecule has 0 radical (unpaired) electrons. The lowest BCUT2D eigenvalue weighted by atomic mass is 9.46. The van der Waals surface area contributed by atoms with Crippen molar-refractivity contribution < 1.29 is 4.79 Å². The third-order valence-electron chi connectivity index (χ3n) is 10.8. The van der Waals surface area contributed by atoms with Crippen molar-refractivity contribution >= 4 is 5.91 Å². The van der Waals surface area contributed by atoms with Crippen LogP contribution in [0.15, 0.2) is 11.6 Å². The molecular weight excluding hydrogens is 380 g/mol. The molecule has 4 aliphatic rings. The highest BCUT2D eigenvalue weighted by molar-refractivity contribution is 5.78. The van der Waals surface area contributed by atoms with Crippen molar-refractivity contribution in [3.05, 3.63) is 11.6 Å². The van der Waals surface area contributed by atoms with E-state index in [9.17, 15) is 4.79 Å². The lowest BCUT2D eigenvalue weighted by Crippen LogP contribution is -2.51. The van der Waals surface area contributed by atoms with Gasteiger partial charge in [0.05, 0.1) is 0 Å². The average Bonchev–Trinajstić information content (AvgIpc) is 3.09. The maximum absolute atomic E-state index is 12.2. The number of fused-ring (bicyclic) bond motifs is 5. The first-order valence-electron chi connectivity index (χ1n) is 13.4. The zero-order valence-corrected chi connectivity index (χ0v) is 20.9. The number of carbonyl (C=O) groups is 1.